The maximum atomic E-state index is 11.9. The minimum absolute atomic E-state index is 0.0538. The number of carbonyl (C=O) groups is 1. The molecule has 0 spiro atoms. The lowest BCUT2D eigenvalue weighted by Gasteiger charge is -2.18. The Morgan fingerprint density at radius 1 is 1.32 bits per heavy atom. The smallest absolute Gasteiger partial charge is 0.252 e. The largest absolute Gasteiger partial charge is 0.372 e. The van der Waals surface area contributed by atoms with Crippen molar-refractivity contribution in [2.24, 2.45) is 0 Å². The van der Waals surface area contributed by atoms with Crippen LogP contribution in [0.25, 0.3) is 0 Å². The van der Waals surface area contributed by atoms with Gasteiger partial charge in [-0.05, 0) is 23.9 Å². The standard InChI is InChI=1S/C15H17NO2S/c1-2-18-14(12-6-4-3-5-7-12)10-16-15(17)13-8-9-19-11-13/h3-9,11,14H,2,10H2,1H3,(H,16,17). The Bertz CT molecular complexity index is 496. The molecule has 100 valence electrons. The van der Waals surface area contributed by atoms with Crippen LogP contribution < -0.4 is 5.32 Å². The monoisotopic (exact) mass is 275 g/mol. The number of carbonyl (C=O) groups excluding carboxylic acids is 1. The quantitative estimate of drug-likeness (QED) is 0.878. The third-order valence-electron chi connectivity index (χ3n) is 2.77. The molecule has 0 radical (unpaired) electrons. The first kappa shape index (κ1) is 13.8. The van der Waals surface area contributed by atoms with Crippen molar-refractivity contribution >= 4 is 17.2 Å². The molecule has 3 nitrogen and oxygen atoms in total. The molecule has 1 heterocycles. The van der Waals surface area contributed by atoms with Gasteiger partial charge in [-0.15, -0.1) is 0 Å². The zero-order valence-electron chi connectivity index (χ0n) is 10.8. The van der Waals surface area contributed by atoms with Crippen LogP contribution in [0.5, 0.6) is 0 Å². The second-order valence-corrected chi connectivity index (χ2v) is 4.86. The first-order valence-electron chi connectivity index (χ1n) is 6.28. The summed E-state index contributed by atoms with van der Waals surface area (Å²) in [5.41, 5.74) is 1.78. The highest BCUT2D eigenvalue weighted by Crippen LogP contribution is 2.16. The first-order chi connectivity index (χ1) is 9.31. The van der Waals surface area contributed by atoms with Crippen molar-refractivity contribution in [3.63, 3.8) is 0 Å². The van der Waals surface area contributed by atoms with E-state index in [2.05, 4.69) is 5.32 Å². The third-order valence-corrected chi connectivity index (χ3v) is 3.45. The fraction of sp³-hybridized carbons (Fsp3) is 0.267. The molecule has 1 N–H and O–H groups in total. The number of nitrogens with one attached hydrogen (secondary N) is 1. The molecule has 0 saturated carbocycles. The van der Waals surface area contributed by atoms with Crippen LogP contribution in [-0.2, 0) is 4.74 Å². The normalized spacial score (nSPS) is 12.1. The zero-order chi connectivity index (χ0) is 13.5. The summed E-state index contributed by atoms with van der Waals surface area (Å²) in [6.45, 7) is 3.05. The molecule has 19 heavy (non-hydrogen) atoms. The van der Waals surface area contributed by atoms with Gasteiger partial charge in [-0.25, -0.2) is 0 Å². The van der Waals surface area contributed by atoms with Crippen molar-refractivity contribution in [1.29, 1.82) is 0 Å². The van der Waals surface area contributed by atoms with Crippen LogP contribution >= 0.6 is 11.3 Å². The van der Waals surface area contributed by atoms with E-state index in [9.17, 15) is 4.79 Å². The van der Waals surface area contributed by atoms with Gasteiger partial charge in [0.1, 0.15) is 0 Å². The highest BCUT2D eigenvalue weighted by Gasteiger charge is 2.13. The van der Waals surface area contributed by atoms with E-state index in [1.54, 1.807) is 0 Å². The van der Waals surface area contributed by atoms with Crippen molar-refractivity contribution in [2.75, 3.05) is 13.2 Å². The number of ether oxygens (including phenoxy) is 1. The van der Waals surface area contributed by atoms with Gasteiger partial charge in [-0.1, -0.05) is 30.3 Å². The summed E-state index contributed by atoms with van der Waals surface area (Å²) < 4.78 is 5.68. The number of thiophene rings is 1. The Balaban J connectivity index is 1.96. The predicted molar refractivity (Wildman–Crippen MR) is 77.5 cm³/mol. The van der Waals surface area contributed by atoms with Crippen LogP contribution in [-0.4, -0.2) is 19.1 Å². The van der Waals surface area contributed by atoms with Crippen molar-refractivity contribution < 1.29 is 9.53 Å². The first-order valence-corrected chi connectivity index (χ1v) is 7.22. The predicted octanol–water partition coefficient (Wildman–Crippen LogP) is 3.26. The SMILES string of the molecule is CCOC(CNC(=O)c1ccsc1)c1ccccc1. The maximum Gasteiger partial charge on any atom is 0.252 e. The van der Waals surface area contributed by atoms with Gasteiger partial charge in [0, 0.05) is 24.1 Å². The van der Waals surface area contributed by atoms with E-state index in [1.165, 1.54) is 11.3 Å². The molecule has 0 saturated heterocycles. The highest BCUT2D eigenvalue weighted by atomic mass is 32.1. The molecule has 0 fully saturated rings. The lowest BCUT2D eigenvalue weighted by atomic mass is 10.1. The summed E-state index contributed by atoms with van der Waals surface area (Å²) >= 11 is 1.52. The van der Waals surface area contributed by atoms with Crippen LogP contribution in [0.15, 0.2) is 47.2 Å². The summed E-state index contributed by atoms with van der Waals surface area (Å²) in [7, 11) is 0. The van der Waals surface area contributed by atoms with E-state index in [-0.39, 0.29) is 12.0 Å². The van der Waals surface area contributed by atoms with E-state index < -0.39 is 0 Å². The average Bonchev–Trinajstić information content (AvgIpc) is 2.98. The number of hydrogen-bond acceptors (Lipinski definition) is 3. The molecule has 0 aliphatic carbocycles. The topological polar surface area (TPSA) is 38.3 Å². The molecular formula is C15H17NO2S. The molecule has 1 aromatic heterocycles. The molecule has 4 heteroatoms. The van der Waals surface area contributed by atoms with Crippen LogP contribution in [0, 0.1) is 0 Å². The van der Waals surface area contributed by atoms with Crippen LogP contribution in [0.1, 0.15) is 28.9 Å². The Kier molecular flexibility index (Phi) is 5.12. The van der Waals surface area contributed by atoms with Gasteiger partial charge in [-0.3, -0.25) is 4.79 Å². The zero-order valence-corrected chi connectivity index (χ0v) is 11.7. The van der Waals surface area contributed by atoms with Gasteiger partial charge in [0.2, 0.25) is 0 Å². The van der Waals surface area contributed by atoms with E-state index >= 15 is 0 Å². The summed E-state index contributed by atoms with van der Waals surface area (Å²) in [6.07, 6.45) is -0.103. The van der Waals surface area contributed by atoms with Gasteiger partial charge in [0.25, 0.3) is 5.91 Å². The molecule has 0 aliphatic rings. The molecule has 1 unspecified atom stereocenters. The number of hydrogen-bond donors (Lipinski definition) is 1. The fourth-order valence-corrected chi connectivity index (χ4v) is 2.46. The van der Waals surface area contributed by atoms with E-state index in [1.807, 2.05) is 54.1 Å². The Morgan fingerprint density at radius 2 is 2.11 bits per heavy atom. The van der Waals surface area contributed by atoms with Gasteiger partial charge in [-0.2, -0.15) is 11.3 Å². The minimum atomic E-state index is -0.103. The summed E-state index contributed by atoms with van der Waals surface area (Å²) in [6, 6.07) is 11.8. The Morgan fingerprint density at radius 3 is 2.74 bits per heavy atom. The number of rotatable bonds is 6. The Labute approximate surface area is 117 Å². The average molecular weight is 275 g/mol. The lowest BCUT2D eigenvalue weighted by Crippen LogP contribution is -2.29. The van der Waals surface area contributed by atoms with Crippen molar-refractivity contribution in [2.45, 2.75) is 13.0 Å². The van der Waals surface area contributed by atoms with E-state index in [0.29, 0.717) is 18.7 Å². The van der Waals surface area contributed by atoms with Gasteiger partial charge >= 0.3 is 0 Å². The van der Waals surface area contributed by atoms with Crippen LogP contribution in [0.4, 0.5) is 0 Å². The van der Waals surface area contributed by atoms with Gasteiger partial charge in [0.05, 0.1) is 6.10 Å². The minimum Gasteiger partial charge on any atom is -0.372 e. The summed E-state index contributed by atoms with van der Waals surface area (Å²) in [5.74, 6) is -0.0538. The van der Waals surface area contributed by atoms with Gasteiger partial charge in [0.15, 0.2) is 0 Å². The highest BCUT2D eigenvalue weighted by molar-refractivity contribution is 7.08. The third kappa shape index (κ3) is 3.91. The molecule has 2 rings (SSSR count). The molecule has 1 atom stereocenters. The second-order valence-electron chi connectivity index (χ2n) is 4.08. The molecule has 1 amide bonds. The summed E-state index contributed by atoms with van der Waals surface area (Å²) in [5, 5.41) is 6.65. The van der Waals surface area contributed by atoms with E-state index in [0.717, 1.165) is 5.56 Å². The molecule has 2 aromatic rings. The molecule has 0 bridgehead atoms. The van der Waals surface area contributed by atoms with Crippen LogP contribution in [0.2, 0.25) is 0 Å². The van der Waals surface area contributed by atoms with Crippen molar-refractivity contribution in [1.82, 2.24) is 5.32 Å². The number of amides is 1. The van der Waals surface area contributed by atoms with E-state index in [4.69, 9.17) is 4.74 Å². The van der Waals surface area contributed by atoms with Gasteiger partial charge < -0.3 is 10.1 Å². The van der Waals surface area contributed by atoms with Crippen molar-refractivity contribution in [3.05, 3.63) is 58.3 Å². The Hall–Kier alpha value is -1.65. The molecular weight excluding hydrogens is 258 g/mol. The lowest BCUT2D eigenvalue weighted by molar-refractivity contribution is 0.0586. The maximum absolute atomic E-state index is 11.9. The van der Waals surface area contributed by atoms with Crippen molar-refractivity contribution in [3.8, 4) is 0 Å². The number of benzene rings is 1. The molecule has 1 aromatic carbocycles. The fourth-order valence-electron chi connectivity index (χ4n) is 1.82. The second kappa shape index (κ2) is 7.07. The molecule has 0 aliphatic heterocycles. The summed E-state index contributed by atoms with van der Waals surface area (Å²) in [4.78, 5) is 11.9. The van der Waals surface area contributed by atoms with Crippen LogP contribution in [0.3, 0.4) is 0 Å².